The number of ketones is 1. The van der Waals surface area contributed by atoms with Crippen LogP contribution in [0.1, 0.15) is 28.3 Å². The molecule has 150 valence electrons. The van der Waals surface area contributed by atoms with Gasteiger partial charge in [-0.2, -0.15) is 0 Å². The molecule has 1 aliphatic rings. The Morgan fingerprint density at radius 3 is 2.30 bits per heavy atom. The van der Waals surface area contributed by atoms with Crippen molar-refractivity contribution in [1.82, 2.24) is 0 Å². The Morgan fingerprint density at radius 2 is 1.63 bits per heavy atom. The zero-order valence-electron chi connectivity index (χ0n) is 16.6. The maximum absolute atomic E-state index is 13.1. The van der Waals surface area contributed by atoms with E-state index in [1.807, 2.05) is 62.4 Å². The van der Waals surface area contributed by atoms with Crippen LogP contribution in [0.15, 0.2) is 78.4 Å². The number of Topliss-reactive ketones (excluding diaryl/α,β-unsaturated/α-hetero) is 1. The van der Waals surface area contributed by atoms with Gasteiger partial charge < -0.3 is 5.11 Å². The first-order chi connectivity index (χ1) is 14.4. The molecule has 1 atom stereocenters. The number of carbonyl (C=O) groups excluding carboxylic acids is 2. The number of aliphatic hydroxyl groups excluding tert-OH is 1. The lowest BCUT2D eigenvalue weighted by molar-refractivity contribution is -0.132. The summed E-state index contributed by atoms with van der Waals surface area (Å²) in [6.07, 6.45) is 0. The predicted molar refractivity (Wildman–Crippen MR) is 119 cm³/mol. The fraction of sp³-hybridized carbons (Fsp3) is 0.120. The third kappa shape index (κ3) is 3.40. The molecular weight excluding hydrogens is 398 g/mol. The van der Waals surface area contributed by atoms with E-state index >= 15 is 0 Å². The van der Waals surface area contributed by atoms with Crippen LogP contribution in [0.4, 0.5) is 5.69 Å². The molecule has 5 heteroatoms. The molecule has 1 aliphatic heterocycles. The number of amides is 1. The van der Waals surface area contributed by atoms with Crippen molar-refractivity contribution in [2.75, 3.05) is 4.90 Å². The van der Waals surface area contributed by atoms with Crippen molar-refractivity contribution in [3.05, 3.63) is 106 Å². The summed E-state index contributed by atoms with van der Waals surface area (Å²) in [5.74, 6) is -1.63. The standard InChI is InChI=1S/C25H20ClNO3/c1-15-11-12-20(13-16(15)2)27-22(17-7-4-3-5-8-17)21(24(29)25(27)30)23(28)18-9-6-10-19(26)14-18/h3-14,22,28H,1-2H3/b23-21+. The van der Waals surface area contributed by atoms with Crippen LogP contribution >= 0.6 is 11.6 Å². The Hall–Kier alpha value is -3.37. The van der Waals surface area contributed by atoms with Gasteiger partial charge >= 0.3 is 0 Å². The average molecular weight is 418 g/mol. The van der Waals surface area contributed by atoms with E-state index in [2.05, 4.69) is 0 Å². The maximum atomic E-state index is 13.1. The summed E-state index contributed by atoms with van der Waals surface area (Å²) in [5.41, 5.74) is 3.88. The Labute approximate surface area is 180 Å². The Bertz CT molecular complexity index is 1180. The van der Waals surface area contributed by atoms with Gasteiger partial charge in [-0.1, -0.05) is 60.1 Å². The van der Waals surface area contributed by atoms with Crippen molar-refractivity contribution in [1.29, 1.82) is 0 Å². The van der Waals surface area contributed by atoms with Crippen molar-refractivity contribution in [2.45, 2.75) is 19.9 Å². The molecule has 0 bridgehead atoms. The van der Waals surface area contributed by atoms with Gasteiger partial charge in [0.25, 0.3) is 11.7 Å². The van der Waals surface area contributed by atoms with Crippen LogP contribution in [0.3, 0.4) is 0 Å². The van der Waals surface area contributed by atoms with E-state index in [0.29, 0.717) is 16.3 Å². The minimum absolute atomic E-state index is 0.0479. The second kappa shape index (κ2) is 7.81. The van der Waals surface area contributed by atoms with Gasteiger partial charge in [0, 0.05) is 16.3 Å². The molecule has 1 N–H and O–H groups in total. The first kappa shape index (κ1) is 19.9. The van der Waals surface area contributed by atoms with Gasteiger partial charge in [-0.25, -0.2) is 0 Å². The minimum atomic E-state index is -0.743. The number of halogens is 1. The monoisotopic (exact) mass is 417 g/mol. The van der Waals surface area contributed by atoms with Crippen molar-refractivity contribution < 1.29 is 14.7 Å². The summed E-state index contributed by atoms with van der Waals surface area (Å²) in [6.45, 7) is 3.94. The van der Waals surface area contributed by atoms with Crippen LogP contribution in [0.25, 0.3) is 5.76 Å². The Morgan fingerprint density at radius 1 is 0.900 bits per heavy atom. The highest BCUT2D eigenvalue weighted by Crippen LogP contribution is 2.42. The molecule has 1 fully saturated rings. The quantitative estimate of drug-likeness (QED) is 0.343. The highest BCUT2D eigenvalue weighted by atomic mass is 35.5. The molecular formula is C25H20ClNO3. The largest absolute Gasteiger partial charge is 0.507 e. The molecule has 3 aromatic rings. The number of hydrogen-bond acceptors (Lipinski definition) is 3. The second-order valence-corrected chi connectivity index (χ2v) is 7.80. The first-order valence-corrected chi connectivity index (χ1v) is 9.95. The Balaban J connectivity index is 1.96. The molecule has 30 heavy (non-hydrogen) atoms. The summed E-state index contributed by atoms with van der Waals surface area (Å²) < 4.78 is 0. The number of anilines is 1. The molecule has 0 aliphatic carbocycles. The third-order valence-electron chi connectivity index (χ3n) is 5.43. The fourth-order valence-corrected chi connectivity index (χ4v) is 3.91. The molecule has 1 unspecified atom stereocenters. The highest BCUT2D eigenvalue weighted by molar-refractivity contribution is 6.51. The van der Waals surface area contributed by atoms with Crippen LogP contribution in [0.2, 0.25) is 5.02 Å². The molecule has 0 radical (unpaired) electrons. The number of nitrogens with zero attached hydrogens (tertiary/aromatic N) is 1. The maximum Gasteiger partial charge on any atom is 0.300 e. The molecule has 4 rings (SSSR count). The third-order valence-corrected chi connectivity index (χ3v) is 5.66. The molecule has 1 heterocycles. The van der Waals surface area contributed by atoms with Crippen LogP contribution in [-0.4, -0.2) is 16.8 Å². The van der Waals surface area contributed by atoms with Crippen molar-refractivity contribution >= 4 is 34.7 Å². The topological polar surface area (TPSA) is 57.6 Å². The van der Waals surface area contributed by atoms with Crippen LogP contribution in [-0.2, 0) is 9.59 Å². The molecule has 3 aromatic carbocycles. The van der Waals surface area contributed by atoms with Gasteiger partial charge in [-0.15, -0.1) is 0 Å². The van der Waals surface area contributed by atoms with E-state index in [1.54, 1.807) is 24.3 Å². The van der Waals surface area contributed by atoms with Gasteiger partial charge in [0.2, 0.25) is 0 Å². The van der Waals surface area contributed by atoms with E-state index < -0.39 is 17.7 Å². The summed E-state index contributed by atoms with van der Waals surface area (Å²) >= 11 is 6.07. The number of hydrogen-bond donors (Lipinski definition) is 1. The number of aliphatic hydroxyl groups is 1. The number of rotatable bonds is 3. The number of aryl methyl sites for hydroxylation is 2. The van der Waals surface area contributed by atoms with E-state index in [1.165, 1.54) is 4.90 Å². The smallest absolute Gasteiger partial charge is 0.300 e. The average Bonchev–Trinajstić information content (AvgIpc) is 3.01. The zero-order valence-corrected chi connectivity index (χ0v) is 17.4. The SMILES string of the molecule is Cc1ccc(N2C(=O)C(=O)/C(=C(/O)c3cccc(Cl)c3)C2c2ccccc2)cc1C. The first-order valence-electron chi connectivity index (χ1n) is 9.57. The highest BCUT2D eigenvalue weighted by Gasteiger charge is 2.46. The molecule has 1 amide bonds. The number of carbonyl (C=O) groups is 2. The van der Waals surface area contributed by atoms with Crippen molar-refractivity contribution in [3.63, 3.8) is 0 Å². The normalized spacial score (nSPS) is 18.1. The van der Waals surface area contributed by atoms with Gasteiger partial charge in [0.15, 0.2) is 0 Å². The summed E-state index contributed by atoms with van der Waals surface area (Å²) in [4.78, 5) is 27.6. The van der Waals surface area contributed by atoms with E-state index in [-0.39, 0.29) is 11.3 Å². The molecule has 0 aromatic heterocycles. The number of benzene rings is 3. The second-order valence-electron chi connectivity index (χ2n) is 7.36. The predicted octanol–water partition coefficient (Wildman–Crippen LogP) is 5.58. The lowest BCUT2D eigenvalue weighted by Crippen LogP contribution is -2.29. The fourth-order valence-electron chi connectivity index (χ4n) is 3.72. The van der Waals surface area contributed by atoms with Crippen LogP contribution in [0.5, 0.6) is 0 Å². The molecule has 0 saturated carbocycles. The lowest BCUT2D eigenvalue weighted by Gasteiger charge is -2.26. The van der Waals surface area contributed by atoms with Gasteiger partial charge in [-0.05, 0) is 54.8 Å². The zero-order chi connectivity index (χ0) is 21.4. The summed E-state index contributed by atoms with van der Waals surface area (Å²) in [6, 6.07) is 20.7. The Kier molecular flexibility index (Phi) is 5.18. The van der Waals surface area contributed by atoms with Gasteiger partial charge in [0.05, 0.1) is 11.6 Å². The van der Waals surface area contributed by atoms with Gasteiger partial charge in [0.1, 0.15) is 5.76 Å². The molecule has 1 saturated heterocycles. The van der Waals surface area contributed by atoms with E-state index in [0.717, 1.165) is 16.7 Å². The van der Waals surface area contributed by atoms with Crippen molar-refractivity contribution in [3.8, 4) is 0 Å². The lowest BCUT2D eigenvalue weighted by atomic mass is 9.95. The van der Waals surface area contributed by atoms with Crippen molar-refractivity contribution in [2.24, 2.45) is 0 Å². The van der Waals surface area contributed by atoms with E-state index in [4.69, 9.17) is 11.6 Å². The van der Waals surface area contributed by atoms with Gasteiger partial charge in [-0.3, -0.25) is 14.5 Å². The summed E-state index contributed by atoms with van der Waals surface area (Å²) in [5, 5.41) is 11.5. The molecule has 0 spiro atoms. The van der Waals surface area contributed by atoms with Crippen LogP contribution < -0.4 is 4.90 Å². The van der Waals surface area contributed by atoms with E-state index in [9.17, 15) is 14.7 Å². The molecule has 4 nitrogen and oxygen atoms in total. The van der Waals surface area contributed by atoms with Crippen LogP contribution in [0, 0.1) is 13.8 Å². The summed E-state index contributed by atoms with van der Waals surface area (Å²) in [7, 11) is 0. The minimum Gasteiger partial charge on any atom is -0.507 e.